The van der Waals surface area contributed by atoms with Gasteiger partial charge in [-0.1, -0.05) is 24.9 Å². The first-order valence-corrected chi connectivity index (χ1v) is 7.51. The Bertz CT molecular complexity index is 417. The molecule has 1 saturated carbocycles. The second-order valence-corrected chi connectivity index (χ2v) is 5.89. The van der Waals surface area contributed by atoms with E-state index in [0.717, 1.165) is 17.3 Å². The molecule has 1 aromatic rings. The first-order chi connectivity index (χ1) is 9.15. The van der Waals surface area contributed by atoms with Crippen molar-refractivity contribution < 1.29 is 5.11 Å². The maximum atomic E-state index is 9.27. The van der Waals surface area contributed by atoms with Crippen molar-refractivity contribution in [2.24, 2.45) is 5.92 Å². The van der Waals surface area contributed by atoms with Crippen molar-refractivity contribution in [3.8, 4) is 0 Å². The largest absolute Gasteiger partial charge is 0.392 e. The smallest absolute Gasteiger partial charge is 0.128 e. The fraction of sp³-hybridized carbons (Fsp3) is 0.667. The monoisotopic (exact) mass is 282 g/mol. The number of rotatable bonds is 4. The van der Waals surface area contributed by atoms with Crippen molar-refractivity contribution in [2.45, 2.75) is 51.7 Å². The number of aliphatic hydroxyl groups excluding tert-OH is 1. The topological polar surface area (TPSA) is 36.4 Å². The Morgan fingerprint density at radius 2 is 2.05 bits per heavy atom. The summed E-state index contributed by atoms with van der Waals surface area (Å²) in [6, 6.07) is 2.46. The zero-order valence-electron chi connectivity index (χ0n) is 11.8. The number of aromatic nitrogens is 1. The van der Waals surface area contributed by atoms with Crippen LogP contribution in [-0.4, -0.2) is 23.2 Å². The van der Waals surface area contributed by atoms with Gasteiger partial charge in [0.1, 0.15) is 5.82 Å². The van der Waals surface area contributed by atoms with Gasteiger partial charge in [-0.15, -0.1) is 0 Å². The molecule has 0 saturated heterocycles. The molecule has 1 aliphatic rings. The van der Waals surface area contributed by atoms with Crippen molar-refractivity contribution in [3.63, 3.8) is 0 Å². The minimum atomic E-state index is -0.0369. The van der Waals surface area contributed by atoms with Crippen LogP contribution in [0.25, 0.3) is 0 Å². The molecule has 0 spiro atoms. The molecular formula is C15H23ClN2O. The summed E-state index contributed by atoms with van der Waals surface area (Å²) in [4.78, 5) is 6.62. The van der Waals surface area contributed by atoms with Crippen molar-refractivity contribution in [1.29, 1.82) is 0 Å². The molecule has 1 aromatic heterocycles. The van der Waals surface area contributed by atoms with Crippen LogP contribution in [0.15, 0.2) is 12.3 Å². The predicted octanol–water partition coefficient (Wildman–Crippen LogP) is 3.63. The predicted molar refractivity (Wildman–Crippen MR) is 79.6 cm³/mol. The molecule has 106 valence electrons. The Hall–Kier alpha value is -0.800. The lowest BCUT2D eigenvalue weighted by Crippen LogP contribution is -2.35. The Kier molecular flexibility index (Phi) is 5.06. The van der Waals surface area contributed by atoms with Crippen LogP contribution >= 0.6 is 11.6 Å². The maximum absolute atomic E-state index is 9.27. The van der Waals surface area contributed by atoms with E-state index in [1.54, 1.807) is 6.20 Å². The zero-order valence-corrected chi connectivity index (χ0v) is 12.5. The Morgan fingerprint density at radius 1 is 1.37 bits per heavy atom. The molecule has 0 amide bonds. The van der Waals surface area contributed by atoms with Crippen LogP contribution in [-0.2, 0) is 6.61 Å². The van der Waals surface area contributed by atoms with Gasteiger partial charge in [0.15, 0.2) is 0 Å². The fourth-order valence-corrected chi connectivity index (χ4v) is 3.07. The van der Waals surface area contributed by atoms with Gasteiger partial charge in [-0.05, 0) is 37.7 Å². The Labute approximate surface area is 120 Å². The first kappa shape index (κ1) is 14.6. The lowest BCUT2D eigenvalue weighted by molar-refractivity contribution is 0.281. The molecule has 3 nitrogen and oxygen atoms in total. The molecule has 2 rings (SSSR count). The number of aliphatic hydroxyl groups is 1. The average Bonchev–Trinajstić information content (AvgIpc) is 2.47. The number of pyridine rings is 1. The van der Waals surface area contributed by atoms with Crippen LogP contribution in [0, 0.1) is 5.92 Å². The highest BCUT2D eigenvalue weighted by atomic mass is 35.5. The summed E-state index contributed by atoms with van der Waals surface area (Å²) in [5.74, 6) is 1.81. The molecule has 1 N–H and O–H groups in total. The molecule has 4 heteroatoms. The van der Waals surface area contributed by atoms with E-state index < -0.39 is 0 Å². The lowest BCUT2D eigenvalue weighted by Gasteiger charge is -2.35. The number of nitrogens with zero attached hydrogens (tertiary/aromatic N) is 2. The molecule has 1 fully saturated rings. The van der Waals surface area contributed by atoms with E-state index in [-0.39, 0.29) is 6.61 Å². The molecular weight excluding hydrogens is 260 g/mol. The van der Waals surface area contributed by atoms with Gasteiger partial charge in [-0.2, -0.15) is 0 Å². The van der Waals surface area contributed by atoms with E-state index in [9.17, 15) is 5.11 Å². The van der Waals surface area contributed by atoms with Crippen molar-refractivity contribution in [2.75, 3.05) is 11.9 Å². The third kappa shape index (κ3) is 3.40. The first-order valence-electron chi connectivity index (χ1n) is 7.13. The summed E-state index contributed by atoms with van der Waals surface area (Å²) in [5, 5.41) is 9.81. The van der Waals surface area contributed by atoms with Crippen molar-refractivity contribution in [1.82, 2.24) is 4.98 Å². The number of hydrogen-bond donors (Lipinski definition) is 1. The highest BCUT2D eigenvalue weighted by molar-refractivity contribution is 6.31. The van der Waals surface area contributed by atoms with Gasteiger partial charge in [0.2, 0.25) is 0 Å². The second-order valence-electron chi connectivity index (χ2n) is 5.49. The van der Waals surface area contributed by atoms with Gasteiger partial charge in [0.05, 0.1) is 11.6 Å². The molecule has 0 radical (unpaired) electrons. The highest BCUT2D eigenvalue weighted by Crippen LogP contribution is 2.31. The van der Waals surface area contributed by atoms with Gasteiger partial charge in [-0.3, -0.25) is 0 Å². The summed E-state index contributed by atoms with van der Waals surface area (Å²) in [5.41, 5.74) is 0.751. The molecule has 0 aliphatic heterocycles. The number of halogens is 1. The van der Waals surface area contributed by atoms with Gasteiger partial charge < -0.3 is 10.0 Å². The van der Waals surface area contributed by atoms with Gasteiger partial charge in [-0.25, -0.2) is 4.98 Å². The molecule has 1 aliphatic carbocycles. The zero-order chi connectivity index (χ0) is 13.8. The van der Waals surface area contributed by atoms with E-state index in [0.29, 0.717) is 11.1 Å². The quantitative estimate of drug-likeness (QED) is 0.916. The van der Waals surface area contributed by atoms with Gasteiger partial charge in [0.25, 0.3) is 0 Å². The highest BCUT2D eigenvalue weighted by Gasteiger charge is 2.24. The van der Waals surface area contributed by atoms with Crippen LogP contribution in [0.4, 0.5) is 5.82 Å². The van der Waals surface area contributed by atoms with E-state index >= 15 is 0 Å². The van der Waals surface area contributed by atoms with Gasteiger partial charge >= 0.3 is 0 Å². The minimum Gasteiger partial charge on any atom is -0.392 e. The van der Waals surface area contributed by atoms with E-state index in [1.165, 1.54) is 32.1 Å². The molecule has 0 unspecified atom stereocenters. The average molecular weight is 283 g/mol. The van der Waals surface area contributed by atoms with Crippen molar-refractivity contribution >= 4 is 17.4 Å². The summed E-state index contributed by atoms with van der Waals surface area (Å²) in [6.45, 7) is 2.24. The summed E-state index contributed by atoms with van der Waals surface area (Å²) >= 11 is 5.98. The minimum absolute atomic E-state index is 0.0369. The molecule has 0 aromatic carbocycles. The van der Waals surface area contributed by atoms with Crippen LogP contribution in [0.2, 0.25) is 5.02 Å². The third-order valence-electron chi connectivity index (χ3n) is 4.39. The molecule has 1 heterocycles. The molecule has 0 atom stereocenters. The Balaban J connectivity index is 2.05. The van der Waals surface area contributed by atoms with E-state index in [2.05, 4.69) is 23.9 Å². The van der Waals surface area contributed by atoms with Gasteiger partial charge in [0, 0.05) is 24.8 Å². The maximum Gasteiger partial charge on any atom is 0.128 e. The van der Waals surface area contributed by atoms with Crippen LogP contribution in [0.3, 0.4) is 0 Å². The molecule has 0 bridgehead atoms. The summed E-state index contributed by atoms with van der Waals surface area (Å²) in [6.07, 6.45) is 8.01. The van der Waals surface area contributed by atoms with Crippen molar-refractivity contribution in [3.05, 3.63) is 22.8 Å². The van der Waals surface area contributed by atoms with E-state index in [1.807, 2.05) is 6.07 Å². The second kappa shape index (κ2) is 6.58. The van der Waals surface area contributed by atoms with Crippen LogP contribution in [0.1, 0.15) is 44.6 Å². The fourth-order valence-electron chi connectivity index (χ4n) is 2.91. The normalized spacial score (nSPS) is 23.4. The van der Waals surface area contributed by atoms with Crippen LogP contribution in [0.5, 0.6) is 0 Å². The summed E-state index contributed by atoms with van der Waals surface area (Å²) in [7, 11) is 2.09. The lowest BCUT2D eigenvalue weighted by atomic mass is 9.84. The Morgan fingerprint density at radius 3 is 2.63 bits per heavy atom. The molecule has 19 heavy (non-hydrogen) atoms. The number of anilines is 1. The van der Waals surface area contributed by atoms with Crippen LogP contribution < -0.4 is 4.90 Å². The number of hydrogen-bond acceptors (Lipinski definition) is 3. The third-order valence-corrected chi connectivity index (χ3v) is 4.73. The summed E-state index contributed by atoms with van der Waals surface area (Å²) < 4.78 is 0. The standard InChI is InChI=1S/C15H23ClN2O/c1-3-11-4-6-13(7-5-11)18(2)15-8-12(10-19)14(16)9-17-15/h8-9,11,13,19H,3-7,10H2,1-2H3. The SMILES string of the molecule is CCC1CCC(N(C)c2cc(CO)c(Cl)cn2)CC1. The van der Waals surface area contributed by atoms with E-state index in [4.69, 9.17) is 11.6 Å².